The number of aryl methyl sites for hydroxylation is 1. The van der Waals surface area contributed by atoms with Gasteiger partial charge in [-0.05, 0) is 54.9 Å². The topological polar surface area (TPSA) is 40.5 Å². The lowest BCUT2D eigenvalue weighted by molar-refractivity contribution is 0.460. The van der Waals surface area contributed by atoms with E-state index in [4.69, 9.17) is 0 Å². The van der Waals surface area contributed by atoms with Gasteiger partial charge in [0.05, 0.1) is 0 Å². The maximum atomic E-state index is 4.48. The van der Waals surface area contributed by atoms with Crippen molar-refractivity contribution in [2.75, 3.05) is 26.7 Å². The monoisotopic (exact) mass is 464 g/mol. The molecule has 26 heavy (non-hydrogen) atoms. The van der Waals surface area contributed by atoms with Crippen LogP contribution in [0, 0.1) is 12.8 Å². The number of hydrogen-bond donors (Lipinski definition) is 1. The molecule has 1 aliphatic heterocycles. The van der Waals surface area contributed by atoms with Gasteiger partial charge in [-0.15, -0.1) is 24.0 Å². The zero-order valence-electron chi connectivity index (χ0n) is 15.7. The molecule has 5 heteroatoms. The van der Waals surface area contributed by atoms with Gasteiger partial charge < -0.3 is 10.2 Å². The molecule has 3 rings (SSSR count). The quantitative estimate of drug-likeness (QED) is 0.417. The fourth-order valence-electron chi connectivity index (χ4n) is 3.56. The molecule has 1 saturated heterocycles. The summed E-state index contributed by atoms with van der Waals surface area (Å²) >= 11 is 0. The highest BCUT2D eigenvalue weighted by molar-refractivity contribution is 14.0. The van der Waals surface area contributed by atoms with E-state index < -0.39 is 0 Å². The minimum atomic E-state index is 0. The first kappa shape index (κ1) is 20.7. The third-order valence-corrected chi connectivity index (χ3v) is 4.98. The normalized spacial score (nSPS) is 17.1. The van der Waals surface area contributed by atoms with Crippen molar-refractivity contribution in [2.24, 2.45) is 10.9 Å². The van der Waals surface area contributed by atoms with E-state index in [0.29, 0.717) is 5.92 Å². The summed E-state index contributed by atoms with van der Waals surface area (Å²) in [6.45, 7) is 5.19. The van der Waals surface area contributed by atoms with Gasteiger partial charge in [0, 0.05) is 39.1 Å². The number of aromatic nitrogens is 1. The van der Waals surface area contributed by atoms with Crippen molar-refractivity contribution >= 4 is 29.9 Å². The standard InChI is InChI=1S/C21H28N4.HI/c1-17-15-23-11-8-20(17)9-12-24-21(22-2)25-13-10-19(16-25)14-18-6-4-3-5-7-18;/h3-8,11,15,19H,9-10,12-14,16H2,1-2H3,(H,22,24);1H. The summed E-state index contributed by atoms with van der Waals surface area (Å²) in [5, 5.41) is 3.53. The van der Waals surface area contributed by atoms with E-state index in [-0.39, 0.29) is 24.0 Å². The number of nitrogens with one attached hydrogen (secondary N) is 1. The van der Waals surface area contributed by atoms with Crippen LogP contribution in [0.1, 0.15) is 23.1 Å². The van der Waals surface area contributed by atoms with E-state index in [1.165, 1.54) is 23.1 Å². The molecule has 1 aromatic carbocycles. The number of halogens is 1. The molecule has 0 amide bonds. The van der Waals surface area contributed by atoms with Crippen molar-refractivity contribution in [1.82, 2.24) is 15.2 Å². The van der Waals surface area contributed by atoms with E-state index in [0.717, 1.165) is 38.4 Å². The van der Waals surface area contributed by atoms with Crippen molar-refractivity contribution < 1.29 is 0 Å². The van der Waals surface area contributed by atoms with Crippen LogP contribution in [-0.2, 0) is 12.8 Å². The molecule has 2 aromatic rings. The van der Waals surface area contributed by atoms with Crippen molar-refractivity contribution in [2.45, 2.75) is 26.2 Å². The highest BCUT2D eigenvalue weighted by atomic mass is 127. The van der Waals surface area contributed by atoms with Crippen molar-refractivity contribution in [3.8, 4) is 0 Å². The minimum absolute atomic E-state index is 0. The first-order chi connectivity index (χ1) is 12.3. The molecule has 0 bridgehead atoms. The van der Waals surface area contributed by atoms with Crippen LogP contribution in [0.3, 0.4) is 0 Å². The Balaban J connectivity index is 0.00000243. The molecule has 1 aromatic heterocycles. The van der Waals surface area contributed by atoms with Gasteiger partial charge in [0.1, 0.15) is 0 Å². The van der Waals surface area contributed by atoms with E-state index in [1.807, 2.05) is 19.4 Å². The molecule has 0 aliphatic carbocycles. The third-order valence-electron chi connectivity index (χ3n) is 4.98. The fourth-order valence-corrected chi connectivity index (χ4v) is 3.56. The number of hydrogen-bond acceptors (Lipinski definition) is 2. The molecule has 1 atom stereocenters. The summed E-state index contributed by atoms with van der Waals surface area (Å²) in [7, 11) is 1.88. The van der Waals surface area contributed by atoms with Gasteiger partial charge in [-0.1, -0.05) is 30.3 Å². The van der Waals surface area contributed by atoms with Crippen LogP contribution in [-0.4, -0.2) is 42.5 Å². The number of rotatable bonds is 5. The zero-order chi connectivity index (χ0) is 17.5. The second kappa shape index (κ2) is 10.5. The summed E-state index contributed by atoms with van der Waals surface area (Å²) in [5.74, 6) is 1.74. The third kappa shape index (κ3) is 5.69. The van der Waals surface area contributed by atoms with Gasteiger partial charge in [-0.3, -0.25) is 9.98 Å². The number of benzene rings is 1. The van der Waals surface area contributed by atoms with Gasteiger partial charge in [0.15, 0.2) is 5.96 Å². The predicted molar refractivity (Wildman–Crippen MR) is 119 cm³/mol. The van der Waals surface area contributed by atoms with Gasteiger partial charge in [0.25, 0.3) is 0 Å². The van der Waals surface area contributed by atoms with Crippen LogP contribution >= 0.6 is 24.0 Å². The average Bonchev–Trinajstić information content (AvgIpc) is 3.09. The smallest absolute Gasteiger partial charge is 0.193 e. The maximum Gasteiger partial charge on any atom is 0.193 e. The summed E-state index contributed by atoms with van der Waals surface area (Å²) in [6, 6.07) is 12.9. The summed E-state index contributed by atoms with van der Waals surface area (Å²) < 4.78 is 0. The number of guanidine groups is 1. The Morgan fingerprint density at radius 3 is 2.81 bits per heavy atom. The van der Waals surface area contributed by atoms with Crippen LogP contribution in [0.4, 0.5) is 0 Å². The molecule has 0 radical (unpaired) electrons. The molecule has 1 N–H and O–H groups in total. The van der Waals surface area contributed by atoms with E-state index in [2.05, 4.69) is 63.5 Å². The van der Waals surface area contributed by atoms with Gasteiger partial charge >= 0.3 is 0 Å². The van der Waals surface area contributed by atoms with Crippen molar-refractivity contribution in [1.29, 1.82) is 0 Å². The lowest BCUT2D eigenvalue weighted by Gasteiger charge is -2.22. The summed E-state index contributed by atoms with van der Waals surface area (Å²) in [5.41, 5.74) is 4.04. The van der Waals surface area contributed by atoms with E-state index in [9.17, 15) is 0 Å². The number of likely N-dealkylation sites (tertiary alicyclic amines) is 1. The van der Waals surface area contributed by atoms with E-state index >= 15 is 0 Å². The van der Waals surface area contributed by atoms with Gasteiger partial charge in [-0.2, -0.15) is 0 Å². The van der Waals surface area contributed by atoms with Crippen LogP contribution in [0.5, 0.6) is 0 Å². The molecule has 0 saturated carbocycles. The molecule has 140 valence electrons. The first-order valence-electron chi connectivity index (χ1n) is 9.15. The average molecular weight is 464 g/mol. The molecule has 1 unspecified atom stereocenters. The number of nitrogens with zero attached hydrogens (tertiary/aromatic N) is 3. The zero-order valence-corrected chi connectivity index (χ0v) is 18.0. The Kier molecular flexibility index (Phi) is 8.35. The van der Waals surface area contributed by atoms with Crippen molar-refractivity contribution in [3.63, 3.8) is 0 Å². The maximum absolute atomic E-state index is 4.48. The lowest BCUT2D eigenvalue weighted by Crippen LogP contribution is -2.41. The molecule has 4 nitrogen and oxygen atoms in total. The molecular weight excluding hydrogens is 435 g/mol. The summed E-state index contributed by atoms with van der Waals surface area (Å²) in [6.07, 6.45) is 7.18. The highest BCUT2D eigenvalue weighted by Gasteiger charge is 2.24. The second-order valence-electron chi connectivity index (χ2n) is 6.82. The van der Waals surface area contributed by atoms with Crippen LogP contribution < -0.4 is 5.32 Å². The first-order valence-corrected chi connectivity index (χ1v) is 9.15. The van der Waals surface area contributed by atoms with Crippen LogP contribution in [0.2, 0.25) is 0 Å². The minimum Gasteiger partial charge on any atom is -0.356 e. The number of aliphatic imine (C=N–C) groups is 1. The second-order valence-corrected chi connectivity index (χ2v) is 6.82. The Morgan fingerprint density at radius 1 is 1.27 bits per heavy atom. The predicted octanol–water partition coefficient (Wildman–Crippen LogP) is 3.69. The molecule has 1 aliphatic rings. The molecule has 0 spiro atoms. The number of pyridine rings is 1. The van der Waals surface area contributed by atoms with E-state index in [1.54, 1.807) is 0 Å². The highest BCUT2D eigenvalue weighted by Crippen LogP contribution is 2.20. The summed E-state index contributed by atoms with van der Waals surface area (Å²) in [4.78, 5) is 11.0. The van der Waals surface area contributed by atoms with Crippen LogP contribution in [0.15, 0.2) is 53.8 Å². The molecule has 1 fully saturated rings. The molecular formula is C21H29IN4. The Labute approximate surface area is 174 Å². The lowest BCUT2D eigenvalue weighted by atomic mass is 9.99. The Hall–Kier alpha value is -1.63. The Morgan fingerprint density at radius 2 is 2.08 bits per heavy atom. The van der Waals surface area contributed by atoms with Gasteiger partial charge in [-0.25, -0.2) is 0 Å². The SMILES string of the molecule is CN=C(NCCc1ccncc1C)N1CCC(Cc2ccccc2)C1.I. The molecule has 2 heterocycles. The van der Waals surface area contributed by atoms with Crippen molar-refractivity contribution in [3.05, 3.63) is 65.5 Å². The largest absolute Gasteiger partial charge is 0.356 e. The fraction of sp³-hybridized carbons (Fsp3) is 0.429. The van der Waals surface area contributed by atoms with Crippen LogP contribution in [0.25, 0.3) is 0 Å². The Bertz CT molecular complexity index is 702. The van der Waals surface area contributed by atoms with Gasteiger partial charge in [0.2, 0.25) is 0 Å².